The number of hydrogen-bond acceptors (Lipinski definition) is 11. The van der Waals surface area contributed by atoms with Crippen molar-refractivity contribution in [3.63, 3.8) is 0 Å². The van der Waals surface area contributed by atoms with Crippen molar-refractivity contribution in [1.82, 2.24) is 0 Å². The van der Waals surface area contributed by atoms with E-state index >= 15 is 0 Å². The molecule has 0 aromatic rings. The van der Waals surface area contributed by atoms with Crippen molar-refractivity contribution >= 4 is 23.9 Å². The number of allylic oxidation sites excluding steroid dienone is 18. The highest BCUT2D eigenvalue weighted by Crippen LogP contribution is 2.26. The van der Waals surface area contributed by atoms with Gasteiger partial charge in [-0.3, -0.25) is 14.4 Å². The molecule has 73 heavy (non-hydrogen) atoms. The van der Waals surface area contributed by atoms with E-state index in [0.717, 1.165) is 128 Å². The van der Waals surface area contributed by atoms with Gasteiger partial charge >= 0.3 is 23.9 Å². The number of carbonyl (C=O) groups is 4. The van der Waals surface area contributed by atoms with Crippen LogP contribution < -0.4 is 0 Å². The van der Waals surface area contributed by atoms with Crippen LogP contribution in [0.25, 0.3) is 0 Å². The zero-order valence-electron chi connectivity index (χ0n) is 45.1. The Labute approximate surface area is 440 Å². The van der Waals surface area contributed by atoms with Gasteiger partial charge in [0.25, 0.3) is 0 Å². The molecule has 0 saturated carbocycles. The minimum Gasteiger partial charge on any atom is -0.479 e. The van der Waals surface area contributed by atoms with Crippen molar-refractivity contribution in [2.24, 2.45) is 0 Å². The van der Waals surface area contributed by atoms with E-state index in [1.807, 2.05) is 0 Å². The molecule has 0 aromatic heterocycles. The van der Waals surface area contributed by atoms with Gasteiger partial charge in [-0.15, -0.1) is 0 Å². The lowest BCUT2D eigenvalue weighted by molar-refractivity contribution is -0.301. The number of carboxylic acid groups (broad SMARTS) is 1. The molecule has 0 radical (unpaired) electrons. The predicted molar refractivity (Wildman–Crippen MR) is 294 cm³/mol. The van der Waals surface area contributed by atoms with Gasteiger partial charge in [-0.2, -0.15) is 0 Å². The average molecular weight is 1020 g/mol. The smallest absolute Gasteiger partial charge is 0.335 e. The van der Waals surface area contributed by atoms with Gasteiger partial charge in [0, 0.05) is 19.3 Å². The highest BCUT2D eigenvalue weighted by atomic mass is 16.7. The maximum Gasteiger partial charge on any atom is 0.335 e. The number of ether oxygens (including phenoxy) is 5. The first-order chi connectivity index (χ1) is 35.6. The Kier molecular flexibility index (Phi) is 44.0. The number of carboxylic acids is 1. The summed E-state index contributed by atoms with van der Waals surface area (Å²) in [6.45, 7) is 5.64. The molecule has 12 heteroatoms. The molecule has 6 atom stereocenters. The predicted octanol–water partition coefficient (Wildman–Crippen LogP) is 13.9. The maximum atomic E-state index is 13.1. The van der Waals surface area contributed by atoms with E-state index in [9.17, 15) is 34.5 Å². The molecule has 1 saturated heterocycles. The molecule has 0 amide bonds. The average Bonchev–Trinajstić information content (AvgIpc) is 3.37. The quantitative estimate of drug-likeness (QED) is 0.0228. The summed E-state index contributed by atoms with van der Waals surface area (Å²) in [5.41, 5.74) is 0. The third kappa shape index (κ3) is 38.6. The highest BCUT2D eigenvalue weighted by Gasteiger charge is 2.50. The molecule has 3 N–H and O–H groups in total. The highest BCUT2D eigenvalue weighted by molar-refractivity contribution is 5.74. The Morgan fingerprint density at radius 1 is 0.466 bits per heavy atom. The van der Waals surface area contributed by atoms with Gasteiger partial charge in [-0.05, 0) is 116 Å². The fourth-order valence-electron chi connectivity index (χ4n) is 7.56. The maximum absolute atomic E-state index is 13.1. The third-order valence-electron chi connectivity index (χ3n) is 11.8. The van der Waals surface area contributed by atoms with Gasteiger partial charge in [0.05, 0.1) is 6.61 Å². The summed E-state index contributed by atoms with van der Waals surface area (Å²) in [5, 5.41) is 31.4. The van der Waals surface area contributed by atoms with Gasteiger partial charge in [-0.1, -0.05) is 175 Å². The van der Waals surface area contributed by atoms with Crippen molar-refractivity contribution in [1.29, 1.82) is 0 Å². The van der Waals surface area contributed by atoms with Crippen LogP contribution in [0, 0.1) is 0 Å². The van der Waals surface area contributed by atoms with Crippen LogP contribution in [0.5, 0.6) is 0 Å². The lowest BCUT2D eigenvalue weighted by Crippen LogP contribution is -2.61. The van der Waals surface area contributed by atoms with E-state index in [1.54, 1.807) is 0 Å². The number of esters is 3. The van der Waals surface area contributed by atoms with E-state index in [2.05, 4.69) is 130 Å². The van der Waals surface area contributed by atoms with Crippen molar-refractivity contribution in [3.05, 3.63) is 109 Å². The SMILES string of the molecule is CC/C=C\C/C=C\C/C=C\C/C=C\CCCCCCC(=O)OC1C(OCC(COC(=O)CCCC/C=C\C/C=C\C/C=C\C/C=C\CC)OC(=O)CCCCCCC/C=C\CCCC)OC(C(=O)O)C(O)C1O. The molecule has 1 aliphatic rings. The molecule has 412 valence electrons. The van der Waals surface area contributed by atoms with Crippen LogP contribution in [0.3, 0.4) is 0 Å². The van der Waals surface area contributed by atoms with Gasteiger partial charge in [0.1, 0.15) is 18.8 Å². The number of aliphatic hydroxyl groups is 2. The second kappa shape index (κ2) is 48.3. The molecule has 1 heterocycles. The number of hydrogen-bond donors (Lipinski definition) is 3. The molecule has 0 aliphatic carbocycles. The number of rotatable bonds is 45. The van der Waals surface area contributed by atoms with Crippen molar-refractivity contribution < 1.29 is 58.2 Å². The fraction of sp³-hybridized carbons (Fsp3) is 0.639. The molecule has 6 unspecified atom stereocenters. The molecule has 0 spiro atoms. The van der Waals surface area contributed by atoms with Crippen LogP contribution in [-0.4, -0.2) is 89.2 Å². The van der Waals surface area contributed by atoms with Crippen LogP contribution >= 0.6 is 0 Å². The number of unbranched alkanes of at least 4 members (excludes halogenated alkanes) is 13. The van der Waals surface area contributed by atoms with Crippen molar-refractivity contribution in [2.45, 2.75) is 237 Å². The van der Waals surface area contributed by atoms with Gasteiger partial charge in [-0.25, -0.2) is 4.79 Å². The zero-order chi connectivity index (χ0) is 53.3. The summed E-state index contributed by atoms with van der Waals surface area (Å²) >= 11 is 0. The van der Waals surface area contributed by atoms with Crippen LogP contribution in [0.4, 0.5) is 0 Å². The van der Waals surface area contributed by atoms with Gasteiger partial charge < -0.3 is 39.0 Å². The van der Waals surface area contributed by atoms with E-state index in [1.165, 1.54) is 12.8 Å². The minimum absolute atomic E-state index is 0.0219. The Hall–Kier alpha value is -4.62. The lowest BCUT2D eigenvalue weighted by Gasteiger charge is -2.40. The molecular weight excluding hydrogens is 925 g/mol. The molecule has 1 fully saturated rings. The summed E-state index contributed by atoms with van der Waals surface area (Å²) in [4.78, 5) is 51.0. The first-order valence-electron chi connectivity index (χ1n) is 27.9. The first kappa shape index (κ1) is 66.4. The molecular formula is C61H96O12. The Morgan fingerprint density at radius 3 is 1.36 bits per heavy atom. The van der Waals surface area contributed by atoms with E-state index < -0.39 is 67.3 Å². The Bertz CT molecular complexity index is 1690. The summed E-state index contributed by atoms with van der Waals surface area (Å²) in [5.74, 6) is -3.24. The van der Waals surface area contributed by atoms with E-state index in [-0.39, 0.29) is 25.9 Å². The molecule has 1 aliphatic heterocycles. The fourth-order valence-corrected chi connectivity index (χ4v) is 7.56. The van der Waals surface area contributed by atoms with E-state index in [0.29, 0.717) is 19.3 Å². The number of carbonyl (C=O) groups excluding carboxylic acids is 3. The number of aliphatic carboxylic acids is 1. The second-order valence-corrected chi connectivity index (χ2v) is 18.4. The summed E-state index contributed by atoms with van der Waals surface area (Å²) < 4.78 is 28.3. The number of aliphatic hydroxyl groups excluding tert-OH is 2. The van der Waals surface area contributed by atoms with Crippen LogP contribution in [0.15, 0.2) is 109 Å². The monoisotopic (exact) mass is 1020 g/mol. The molecule has 1 rings (SSSR count). The summed E-state index contributed by atoms with van der Waals surface area (Å²) in [6.07, 6.45) is 52.1. The second-order valence-electron chi connectivity index (χ2n) is 18.4. The third-order valence-corrected chi connectivity index (χ3v) is 11.8. The van der Waals surface area contributed by atoms with Gasteiger partial charge in [0.2, 0.25) is 0 Å². The van der Waals surface area contributed by atoms with Gasteiger partial charge in [0.15, 0.2) is 24.6 Å². The Balaban J connectivity index is 2.75. The van der Waals surface area contributed by atoms with E-state index in [4.69, 9.17) is 23.7 Å². The minimum atomic E-state index is -1.92. The zero-order valence-corrected chi connectivity index (χ0v) is 45.1. The first-order valence-corrected chi connectivity index (χ1v) is 27.9. The van der Waals surface area contributed by atoms with Crippen molar-refractivity contribution in [3.8, 4) is 0 Å². The standard InChI is InChI=1S/C61H96O12/c1-4-7-10-13-16-19-22-24-26-27-29-31-34-37-40-43-46-49-55(64)72-59-57(66)56(65)58(60(67)68)73-61(59)70-51-52(71-54(63)48-45-42-39-36-32-21-18-15-12-9-6-3)50-69-53(62)47-44-41-38-35-33-30-28-25-23-20-17-14-11-8-5-2/h7-8,10-11,15-20,24-26,28-29,31,33,35,52,56-59,61,65-66H,4-6,9,12-14,21-23,27,30,32,34,36-51H2,1-3H3,(H,67,68)/b10-7-,11-8-,18-15-,19-16-,20-17-,26-24-,28-25-,31-29-,35-33-. The van der Waals surface area contributed by atoms with Crippen LogP contribution in [0.1, 0.15) is 201 Å². The topological polar surface area (TPSA) is 175 Å². The molecule has 0 aromatic carbocycles. The van der Waals surface area contributed by atoms with Crippen LogP contribution in [-0.2, 0) is 42.9 Å². The lowest BCUT2D eigenvalue weighted by atomic mass is 9.98. The molecule has 12 nitrogen and oxygen atoms in total. The summed E-state index contributed by atoms with van der Waals surface area (Å²) in [6, 6.07) is 0. The van der Waals surface area contributed by atoms with Crippen LogP contribution in [0.2, 0.25) is 0 Å². The largest absolute Gasteiger partial charge is 0.479 e. The molecule has 0 bridgehead atoms. The van der Waals surface area contributed by atoms with Crippen molar-refractivity contribution in [2.75, 3.05) is 13.2 Å². The summed E-state index contributed by atoms with van der Waals surface area (Å²) in [7, 11) is 0. The Morgan fingerprint density at radius 2 is 0.863 bits per heavy atom. The normalized spacial score (nSPS) is 19.2.